The van der Waals surface area contributed by atoms with Gasteiger partial charge in [0.2, 0.25) is 12.0 Å². The van der Waals surface area contributed by atoms with Gasteiger partial charge in [-0.2, -0.15) is 10.2 Å². The molecule has 0 spiro atoms. The summed E-state index contributed by atoms with van der Waals surface area (Å²) < 4.78 is 32.6. The molecule has 3 rings (SSSR count). The van der Waals surface area contributed by atoms with Gasteiger partial charge in [-0.15, -0.1) is 0 Å². The monoisotopic (exact) mass is 482 g/mol. The van der Waals surface area contributed by atoms with E-state index in [0.717, 1.165) is 0 Å². The number of anilines is 2. The molecule has 0 aliphatic heterocycles. The van der Waals surface area contributed by atoms with Gasteiger partial charge in [0.1, 0.15) is 5.75 Å². The number of nitrogens with zero attached hydrogens (tertiary/aromatic N) is 4. The molecule has 34 heavy (non-hydrogen) atoms. The van der Waals surface area contributed by atoms with E-state index in [-0.39, 0.29) is 16.5 Å². The Morgan fingerprint density at radius 1 is 1.06 bits per heavy atom. The van der Waals surface area contributed by atoms with Crippen molar-refractivity contribution < 1.29 is 22.7 Å². The van der Waals surface area contributed by atoms with Crippen molar-refractivity contribution in [3.63, 3.8) is 0 Å². The first kappa shape index (κ1) is 24.5. The van der Waals surface area contributed by atoms with E-state index in [1.54, 1.807) is 37.3 Å². The highest BCUT2D eigenvalue weighted by Crippen LogP contribution is 2.24. The number of ether oxygens (including phenoxy) is 1. The Morgan fingerprint density at radius 3 is 2.41 bits per heavy atom. The van der Waals surface area contributed by atoms with E-state index in [1.165, 1.54) is 44.5 Å². The average Bonchev–Trinajstić information content (AvgIpc) is 2.79. The minimum atomic E-state index is -3.92. The molecule has 1 aromatic heterocycles. The number of amides is 1. The maximum atomic E-state index is 12.6. The fraction of sp³-hybridized carbons (Fsp3) is 0.182. The lowest BCUT2D eigenvalue weighted by Crippen LogP contribution is -2.31. The highest BCUT2D eigenvalue weighted by Gasteiger charge is 2.24. The van der Waals surface area contributed by atoms with Crippen molar-refractivity contribution >= 4 is 39.0 Å². The Bertz CT molecular complexity index is 1330. The number of nitrogens with one attached hydrogen (secondary N) is 2. The van der Waals surface area contributed by atoms with Crippen LogP contribution in [0.3, 0.4) is 0 Å². The lowest BCUT2D eigenvalue weighted by molar-refractivity contribution is -0.126. The van der Waals surface area contributed by atoms with E-state index in [4.69, 9.17) is 4.74 Å². The minimum Gasteiger partial charge on any atom is -0.495 e. The Balaban J connectivity index is 1.73. The van der Waals surface area contributed by atoms with Crippen molar-refractivity contribution in [2.45, 2.75) is 24.8 Å². The quantitative estimate of drug-likeness (QED) is 0.351. The first-order valence-electron chi connectivity index (χ1n) is 9.97. The van der Waals surface area contributed by atoms with Gasteiger partial charge in [0.05, 0.1) is 23.4 Å². The molecule has 1 amide bonds. The summed E-state index contributed by atoms with van der Waals surface area (Å²) in [4.78, 5) is 32.4. The van der Waals surface area contributed by atoms with E-state index >= 15 is 0 Å². The van der Waals surface area contributed by atoms with E-state index in [2.05, 4.69) is 30.2 Å². The Kier molecular flexibility index (Phi) is 7.64. The molecule has 2 aromatic carbocycles. The third kappa shape index (κ3) is 6.19. The van der Waals surface area contributed by atoms with E-state index in [0.29, 0.717) is 17.1 Å². The molecule has 176 valence electrons. The van der Waals surface area contributed by atoms with Gasteiger partial charge in [0.25, 0.3) is 15.9 Å². The van der Waals surface area contributed by atoms with Crippen LogP contribution < -0.4 is 14.8 Å². The predicted octanol–water partition coefficient (Wildman–Crippen LogP) is 3.27. The number of carbonyl (C=O) groups is 2. The van der Waals surface area contributed by atoms with Crippen LogP contribution in [0.1, 0.15) is 12.6 Å². The number of sulfonamides is 1. The number of carbonyl (C=O) groups excluding carboxylic acids is 2. The molecular weight excluding hydrogens is 460 g/mol. The molecule has 0 saturated heterocycles. The first-order chi connectivity index (χ1) is 16.2. The number of para-hydroxylation sites is 2. The molecular formula is C22H22N6O5S. The van der Waals surface area contributed by atoms with Gasteiger partial charge >= 0.3 is 0 Å². The number of ketones is 1. The standard InChI is InChI=1S/C22H22N6O5S/c1-14-12-13-23-22(24-14)28-34(31,32)17-10-8-16(9-11-17)26-27-20(15(2)29)21(30)25-18-6-4-5-7-19(18)33-3/h4-13,20H,1-3H3,(H,25,30)(H,23,24,28). The normalized spacial score (nSPS) is 12.2. The van der Waals surface area contributed by atoms with Gasteiger partial charge in [-0.1, -0.05) is 12.1 Å². The molecule has 0 bridgehead atoms. The van der Waals surface area contributed by atoms with Gasteiger partial charge < -0.3 is 10.1 Å². The minimum absolute atomic E-state index is 0.0471. The van der Waals surface area contributed by atoms with Crippen molar-refractivity contribution in [2.75, 3.05) is 17.1 Å². The first-order valence-corrected chi connectivity index (χ1v) is 11.5. The second kappa shape index (κ2) is 10.6. The third-order valence-corrected chi connectivity index (χ3v) is 5.80. The summed E-state index contributed by atoms with van der Waals surface area (Å²) in [5.41, 5.74) is 1.25. The van der Waals surface area contributed by atoms with Crippen molar-refractivity contribution in [3.8, 4) is 5.75 Å². The fourth-order valence-electron chi connectivity index (χ4n) is 2.76. The van der Waals surface area contributed by atoms with Crippen LogP contribution in [0.2, 0.25) is 0 Å². The van der Waals surface area contributed by atoms with Crippen LogP contribution in [0.5, 0.6) is 5.75 Å². The molecule has 0 radical (unpaired) electrons. The largest absolute Gasteiger partial charge is 0.495 e. The summed E-state index contributed by atoms with van der Waals surface area (Å²) in [5, 5.41) is 10.4. The Hall–Kier alpha value is -4.19. The second-order valence-electron chi connectivity index (χ2n) is 7.04. The van der Waals surface area contributed by atoms with Crippen molar-refractivity contribution in [2.24, 2.45) is 10.2 Å². The molecule has 1 unspecified atom stereocenters. The number of methoxy groups -OCH3 is 1. The van der Waals surface area contributed by atoms with E-state index in [1.807, 2.05) is 0 Å². The number of hydrogen-bond acceptors (Lipinski definition) is 9. The fourth-order valence-corrected chi connectivity index (χ4v) is 3.71. The van der Waals surface area contributed by atoms with Crippen LogP contribution in [-0.4, -0.2) is 43.2 Å². The highest BCUT2D eigenvalue weighted by molar-refractivity contribution is 7.92. The molecule has 0 aliphatic rings. The SMILES string of the molecule is COc1ccccc1NC(=O)C(N=Nc1ccc(S(=O)(=O)Nc2nccc(C)n2)cc1)C(C)=O. The van der Waals surface area contributed by atoms with Crippen molar-refractivity contribution in [1.82, 2.24) is 9.97 Å². The summed E-state index contributed by atoms with van der Waals surface area (Å²) in [6.07, 6.45) is 1.44. The zero-order valence-electron chi connectivity index (χ0n) is 18.6. The number of hydrogen-bond donors (Lipinski definition) is 2. The molecule has 0 saturated carbocycles. The molecule has 1 heterocycles. The van der Waals surface area contributed by atoms with Crippen LogP contribution in [0, 0.1) is 6.92 Å². The number of aromatic nitrogens is 2. The summed E-state index contributed by atoms with van der Waals surface area (Å²) >= 11 is 0. The van der Waals surface area contributed by atoms with Gasteiger partial charge in [0, 0.05) is 11.9 Å². The smallest absolute Gasteiger partial charge is 0.264 e. The number of Topliss-reactive ketones (excluding diaryl/α,β-unsaturated/α-hetero) is 1. The number of benzene rings is 2. The second-order valence-corrected chi connectivity index (χ2v) is 8.72. The lowest BCUT2D eigenvalue weighted by atomic mass is 10.2. The Morgan fingerprint density at radius 2 is 1.76 bits per heavy atom. The van der Waals surface area contributed by atoms with Gasteiger partial charge in [-0.3, -0.25) is 9.59 Å². The molecule has 3 aromatic rings. The molecule has 0 fully saturated rings. The molecule has 2 N–H and O–H groups in total. The maximum absolute atomic E-state index is 12.6. The third-order valence-electron chi connectivity index (χ3n) is 4.45. The van der Waals surface area contributed by atoms with Crippen LogP contribution in [0.15, 0.2) is 75.9 Å². The average molecular weight is 483 g/mol. The lowest BCUT2D eigenvalue weighted by Gasteiger charge is -2.12. The number of rotatable bonds is 9. The van der Waals surface area contributed by atoms with Crippen molar-refractivity contribution in [3.05, 3.63) is 66.5 Å². The topological polar surface area (TPSA) is 152 Å². The summed E-state index contributed by atoms with van der Waals surface area (Å²) in [6, 6.07) is 12.4. The van der Waals surface area contributed by atoms with Crippen LogP contribution in [0.4, 0.5) is 17.3 Å². The highest BCUT2D eigenvalue weighted by atomic mass is 32.2. The number of azo groups is 1. The summed E-state index contributed by atoms with van der Waals surface area (Å²) in [6.45, 7) is 2.93. The Labute approximate surface area is 196 Å². The number of aryl methyl sites for hydroxylation is 1. The van der Waals surface area contributed by atoms with Crippen molar-refractivity contribution in [1.29, 1.82) is 0 Å². The van der Waals surface area contributed by atoms with Gasteiger partial charge in [-0.05, 0) is 56.3 Å². The zero-order valence-corrected chi connectivity index (χ0v) is 19.4. The van der Waals surface area contributed by atoms with Crippen LogP contribution in [-0.2, 0) is 19.6 Å². The molecule has 0 aliphatic carbocycles. The summed E-state index contributed by atoms with van der Waals surface area (Å²) in [5.74, 6) is -0.814. The van der Waals surface area contributed by atoms with Crippen LogP contribution in [0.25, 0.3) is 0 Å². The predicted molar refractivity (Wildman–Crippen MR) is 125 cm³/mol. The molecule has 12 heteroatoms. The van der Waals surface area contributed by atoms with Gasteiger partial charge in [0.15, 0.2) is 5.78 Å². The molecule has 1 atom stereocenters. The molecule has 11 nitrogen and oxygen atoms in total. The van der Waals surface area contributed by atoms with Crippen LogP contribution >= 0.6 is 0 Å². The maximum Gasteiger partial charge on any atom is 0.264 e. The zero-order chi connectivity index (χ0) is 24.7. The van der Waals surface area contributed by atoms with E-state index < -0.39 is 27.8 Å². The summed E-state index contributed by atoms with van der Waals surface area (Å²) in [7, 11) is -2.46. The van der Waals surface area contributed by atoms with Gasteiger partial charge in [-0.25, -0.2) is 23.1 Å². The van der Waals surface area contributed by atoms with E-state index in [9.17, 15) is 18.0 Å².